The summed E-state index contributed by atoms with van der Waals surface area (Å²) in [5, 5.41) is 11.3. The lowest BCUT2D eigenvalue weighted by Gasteiger charge is -2.19. The van der Waals surface area contributed by atoms with Crippen molar-refractivity contribution in [3.8, 4) is 11.5 Å². The molecule has 12 heavy (non-hydrogen) atoms. The van der Waals surface area contributed by atoms with Crippen molar-refractivity contribution in [3.63, 3.8) is 0 Å². The Morgan fingerprint density at radius 1 is 1.42 bits per heavy atom. The van der Waals surface area contributed by atoms with E-state index < -0.39 is 0 Å². The molecular formula is C10H11O2-. The van der Waals surface area contributed by atoms with Gasteiger partial charge in [0.25, 0.3) is 0 Å². The third-order valence-corrected chi connectivity index (χ3v) is 2.05. The molecule has 0 fully saturated rings. The maximum Gasteiger partial charge on any atom is 0.115 e. The predicted molar refractivity (Wildman–Crippen MR) is 44.3 cm³/mol. The van der Waals surface area contributed by atoms with Crippen molar-refractivity contribution in [2.24, 2.45) is 0 Å². The summed E-state index contributed by atoms with van der Waals surface area (Å²) in [6, 6.07) is 5.28. The van der Waals surface area contributed by atoms with Gasteiger partial charge in [0.1, 0.15) is 11.4 Å². The molecule has 1 heterocycles. The highest BCUT2D eigenvalue weighted by Crippen LogP contribution is 2.39. The smallest absolute Gasteiger partial charge is 0.115 e. The number of ether oxygens (including phenoxy) is 1. The van der Waals surface area contributed by atoms with Gasteiger partial charge in [-0.05, 0) is 19.4 Å². The van der Waals surface area contributed by atoms with Crippen LogP contribution in [0.2, 0.25) is 0 Å². The van der Waals surface area contributed by atoms with Gasteiger partial charge in [0.2, 0.25) is 0 Å². The first-order chi connectivity index (χ1) is 5.58. The van der Waals surface area contributed by atoms with Crippen LogP contribution in [0.4, 0.5) is 0 Å². The zero-order chi connectivity index (χ0) is 8.77. The second kappa shape index (κ2) is 2.16. The van der Waals surface area contributed by atoms with Gasteiger partial charge in [-0.15, -0.1) is 0 Å². The second-order valence-corrected chi connectivity index (χ2v) is 3.78. The van der Waals surface area contributed by atoms with E-state index in [1.807, 2.05) is 19.9 Å². The molecule has 0 unspecified atom stereocenters. The van der Waals surface area contributed by atoms with Crippen LogP contribution in [0, 0.1) is 0 Å². The Bertz CT molecular complexity index is 316. The lowest BCUT2D eigenvalue weighted by Crippen LogP contribution is -2.24. The first kappa shape index (κ1) is 7.47. The molecule has 0 N–H and O–H groups in total. The molecule has 0 aliphatic carbocycles. The Morgan fingerprint density at radius 2 is 2.17 bits per heavy atom. The van der Waals surface area contributed by atoms with E-state index in [1.54, 1.807) is 12.1 Å². The van der Waals surface area contributed by atoms with Gasteiger partial charge in [-0.3, -0.25) is 0 Å². The van der Waals surface area contributed by atoms with E-state index in [2.05, 4.69) is 0 Å². The molecule has 0 spiro atoms. The van der Waals surface area contributed by atoms with Gasteiger partial charge in [-0.1, -0.05) is 23.9 Å². The maximum atomic E-state index is 11.3. The molecule has 0 bridgehead atoms. The van der Waals surface area contributed by atoms with Gasteiger partial charge in [0, 0.05) is 6.42 Å². The first-order valence-electron chi connectivity index (χ1n) is 4.06. The third-order valence-electron chi connectivity index (χ3n) is 2.05. The van der Waals surface area contributed by atoms with Crippen LogP contribution in [0.3, 0.4) is 0 Å². The molecule has 64 valence electrons. The van der Waals surface area contributed by atoms with Crippen LogP contribution in [0.1, 0.15) is 19.4 Å². The summed E-state index contributed by atoms with van der Waals surface area (Å²) in [6.45, 7) is 3.98. The van der Waals surface area contributed by atoms with Gasteiger partial charge in [0.15, 0.2) is 0 Å². The van der Waals surface area contributed by atoms with Crippen molar-refractivity contribution in [2.75, 3.05) is 0 Å². The summed E-state index contributed by atoms with van der Waals surface area (Å²) in [5.74, 6) is 0.542. The van der Waals surface area contributed by atoms with Gasteiger partial charge in [-0.2, -0.15) is 0 Å². The molecule has 0 aromatic heterocycles. The molecule has 0 saturated carbocycles. The van der Waals surface area contributed by atoms with Crippen molar-refractivity contribution < 1.29 is 9.84 Å². The molecule has 1 aliphatic heterocycles. The Kier molecular flexibility index (Phi) is 1.34. The molecule has 0 atom stereocenters. The number of fused-ring (bicyclic) bond motifs is 1. The Morgan fingerprint density at radius 3 is 2.83 bits per heavy atom. The highest BCUT2D eigenvalue weighted by atomic mass is 16.5. The van der Waals surface area contributed by atoms with E-state index in [9.17, 15) is 5.11 Å². The molecule has 0 saturated heterocycles. The van der Waals surface area contributed by atoms with E-state index in [1.165, 1.54) is 0 Å². The number of benzene rings is 1. The third kappa shape index (κ3) is 1.04. The number of hydrogen-bond donors (Lipinski definition) is 0. The van der Waals surface area contributed by atoms with Crippen LogP contribution in [-0.2, 0) is 6.42 Å². The highest BCUT2D eigenvalue weighted by Gasteiger charge is 2.29. The van der Waals surface area contributed by atoms with Crippen LogP contribution in [-0.4, -0.2) is 5.60 Å². The molecule has 1 aliphatic rings. The van der Waals surface area contributed by atoms with Crippen LogP contribution in [0.15, 0.2) is 18.2 Å². The van der Waals surface area contributed by atoms with Crippen LogP contribution < -0.4 is 9.84 Å². The standard InChI is InChI=1S/C10H12O2/c1-10(2)6-7-4-3-5-8(11)9(7)12-10/h3-5,11H,6H2,1-2H3/p-1. The lowest BCUT2D eigenvalue weighted by atomic mass is 10.0. The minimum Gasteiger partial charge on any atom is -0.870 e. The monoisotopic (exact) mass is 163 g/mol. The van der Waals surface area contributed by atoms with E-state index in [0.717, 1.165) is 12.0 Å². The average Bonchev–Trinajstić information content (AvgIpc) is 2.25. The summed E-state index contributed by atoms with van der Waals surface area (Å²) in [6.07, 6.45) is 0.832. The minimum atomic E-state index is -0.206. The molecule has 0 amide bonds. The fraction of sp³-hybridized carbons (Fsp3) is 0.400. The molecule has 1 aromatic rings. The fourth-order valence-corrected chi connectivity index (χ4v) is 1.59. The SMILES string of the molecule is CC1(C)Cc2cccc([O-])c2O1. The minimum absolute atomic E-state index is 0.00178. The topological polar surface area (TPSA) is 32.3 Å². The quantitative estimate of drug-likeness (QED) is 0.580. The Hall–Kier alpha value is -1.18. The van der Waals surface area contributed by atoms with E-state index in [-0.39, 0.29) is 11.4 Å². The normalized spacial score (nSPS) is 18.5. The van der Waals surface area contributed by atoms with Crippen LogP contribution in [0.25, 0.3) is 0 Å². The molecule has 2 nitrogen and oxygen atoms in total. The molecule has 2 rings (SSSR count). The van der Waals surface area contributed by atoms with Crippen molar-refractivity contribution in [1.82, 2.24) is 0 Å². The van der Waals surface area contributed by atoms with E-state index in [0.29, 0.717) is 5.75 Å². The van der Waals surface area contributed by atoms with E-state index in [4.69, 9.17) is 4.74 Å². The summed E-state index contributed by atoms with van der Waals surface area (Å²) < 4.78 is 5.51. The Balaban J connectivity index is 2.48. The number of hydrogen-bond acceptors (Lipinski definition) is 2. The summed E-state index contributed by atoms with van der Waals surface area (Å²) >= 11 is 0. The van der Waals surface area contributed by atoms with Crippen molar-refractivity contribution in [3.05, 3.63) is 23.8 Å². The average molecular weight is 163 g/mol. The highest BCUT2D eigenvalue weighted by molar-refractivity contribution is 5.48. The van der Waals surface area contributed by atoms with Crippen molar-refractivity contribution >= 4 is 0 Å². The zero-order valence-electron chi connectivity index (χ0n) is 7.26. The molecule has 2 heteroatoms. The second-order valence-electron chi connectivity index (χ2n) is 3.78. The van der Waals surface area contributed by atoms with Crippen molar-refractivity contribution in [2.45, 2.75) is 25.9 Å². The fourth-order valence-electron chi connectivity index (χ4n) is 1.59. The van der Waals surface area contributed by atoms with Crippen LogP contribution >= 0.6 is 0 Å². The molecular weight excluding hydrogens is 152 g/mol. The Labute approximate surface area is 71.8 Å². The molecule has 1 aromatic carbocycles. The van der Waals surface area contributed by atoms with Gasteiger partial charge in [0.05, 0.1) is 0 Å². The van der Waals surface area contributed by atoms with Crippen molar-refractivity contribution in [1.29, 1.82) is 0 Å². The van der Waals surface area contributed by atoms with Gasteiger partial charge in [-0.25, -0.2) is 0 Å². The summed E-state index contributed by atoms with van der Waals surface area (Å²) in [4.78, 5) is 0. The predicted octanol–water partition coefficient (Wildman–Crippen LogP) is 1.47. The lowest BCUT2D eigenvalue weighted by molar-refractivity contribution is -0.270. The first-order valence-corrected chi connectivity index (χ1v) is 4.06. The van der Waals surface area contributed by atoms with Crippen LogP contribution in [0.5, 0.6) is 11.5 Å². The van der Waals surface area contributed by atoms with E-state index >= 15 is 0 Å². The summed E-state index contributed by atoms with van der Waals surface area (Å²) in [5.41, 5.74) is 0.829. The summed E-state index contributed by atoms with van der Waals surface area (Å²) in [7, 11) is 0. The maximum absolute atomic E-state index is 11.3. The van der Waals surface area contributed by atoms with Gasteiger partial charge < -0.3 is 9.84 Å². The van der Waals surface area contributed by atoms with Gasteiger partial charge >= 0.3 is 0 Å². The number of rotatable bonds is 0. The largest absolute Gasteiger partial charge is 0.870 e. The molecule has 0 radical (unpaired) electrons. The number of para-hydroxylation sites is 1. The zero-order valence-corrected chi connectivity index (χ0v) is 7.26.